The zero-order valence-corrected chi connectivity index (χ0v) is 8.55. The highest BCUT2D eigenvalue weighted by atomic mass is 32.3. The zero-order chi connectivity index (χ0) is 9.90. The first-order valence-electron chi connectivity index (χ1n) is 3.94. The summed E-state index contributed by atoms with van der Waals surface area (Å²) in [7, 11) is -1.81. The number of hydrogen-bond acceptors (Lipinski definition) is 1. The lowest BCUT2D eigenvalue weighted by molar-refractivity contribution is -0.493. The number of hydrogen-bond donors (Lipinski definition) is 0. The van der Waals surface area contributed by atoms with Crippen molar-refractivity contribution in [2.75, 3.05) is 13.3 Å². The van der Waals surface area contributed by atoms with E-state index in [0.717, 1.165) is 11.8 Å². The van der Waals surface area contributed by atoms with Crippen molar-refractivity contribution in [3.8, 4) is 0 Å². The first-order valence-corrected chi connectivity index (χ1v) is 5.76. The fourth-order valence-electron chi connectivity index (χ4n) is 0.956. The van der Waals surface area contributed by atoms with Crippen LogP contribution in [-0.4, -0.2) is 21.5 Å². The highest BCUT2D eigenvalue weighted by molar-refractivity contribution is 7.85. The van der Waals surface area contributed by atoms with E-state index in [4.69, 9.17) is 0 Å². The molecule has 0 saturated heterocycles. The predicted molar refractivity (Wildman–Crippen MR) is 51.5 cm³/mol. The van der Waals surface area contributed by atoms with Crippen LogP contribution >= 0.6 is 0 Å². The van der Waals surface area contributed by atoms with Crippen LogP contribution in [0.1, 0.15) is 5.56 Å². The van der Waals surface area contributed by atoms with E-state index in [-0.39, 0.29) is 0 Å². The highest BCUT2D eigenvalue weighted by Crippen LogP contribution is 2.02. The molecular formula is C9H13FNOS+. The fourth-order valence-corrected chi connectivity index (χ4v) is 1.34. The normalized spacial score (nSPS) is 15.0. The average Bonchev–Trinajstić information content (AvgIpc) is 2.04. The molecule has 0 aromatic heterocycles. The maximum atomic E-state index is 12.9. The van der Waals surface area contributed by atoms with Crippen LogP contribution in [0, 0.1) is 0 Å². The summed E-state index contributed by atoms with van der Waals surface area (Å²) in [5.41, 5.74) is 0.956. The van der Waals surface area contributed by atoms with Crippen LogP contribution in [0.3, 0.4) is 0 Å². The third kappa shape index (κ3) is 3.14. The zero-order valence-electron chi connectivity index (χ0n) is 7.74. The van der Waals surface area contributed by atoms with Gasteiger partial charge in [-0.2, -0.15) is 8.15 Å². The van der Waals surface area contributed by atoms with Crippen LogP contribution in [0.25, 0.3) is 0 Å². The molecule has 0 bridgehead atoms. The highest BCUT2D eigenvalue weighted by Gasteiger charge is 2.09. The molecule has 0 aliphatic rings. The van der Waals surface area contributed by atoms with Crippen LogP contribution in [0.2, 0.25) is 0 Å². The quantitative estimate of drug-likeness (QED) is 0.529. The van der Waals surface area contributed by atoms with Crippen LogP contribution in [-0.2, 0) is 16.7 Å². The van der Waals surface area contributed by atoms with Crippen LogP contribution in [0.15, 0.2) is 30.3 Å². The van der Waals surface area contributed by atoms with Gasteiger partial charge < -0.3 is 0 Å². The molecule has 0 radical (unpaired) electrons. The molecule has 0 aliphatic carbocycles. The topological polar surface area (TPSA) is 20.1 Å². The molecule has 1 rings (SSSR count). The molecule has 1 atom stereocenters. The van der Waals surface area contributed by atoms with E-state index in [1.807, 2.05) is 30.3 Å². The van der Waals surface area contributed by atoms with E-state index >= 15 is 0 Å². The molecule has 4 heteroatoms. The Morgan fingerprint density at radius 3 is 2.38 bits per heavy atom. The largest absolute Gasteiger partial charge is 0.312 e. The second-order valence-electron chi connectivity index (χ2n) is 2.98. The Balaban J connectivity index is 2.90. The Hall–Kier alpha value is -0.900. The first-order chi connectivity index (χ1) is 6.00. The second kappa shape index (κ2) is 3.87. The van der Waals surface area contributed by atoms with Gasteiger partial charge >= 0.3 is 10.1 Å². The summed E-state index contributed by atoms with van der Waals surface area (Å²) in [5.74, 6) is 0. The smallest absolute Gasteiger partial charge is 0.174 e. The molecule has 2 nitrogen and oxygen atoms in total. The molecule has 0 fully saturated rings. The summed E-state index contributed by atoms with van der Waals surface area (Å²) in [6.45, 7) is 0.368. The Bertz CT molecular complexity index is 385. The Kier molecular flexibility index (Phi) is 3.03. The minimum absolute atomic E-state index is 0.368. The Morgan fingerprint density at radius 1 is 1.38 bits per heavy atom. The molecule has 72 valence electrons. The average molecular weight is 202 g/mol. The summed E-state index contributed by atoms with van der Waals surface area (Å²) in [6.07, 6.45) is 1.09. The van der Waals surface area contributed by atoms with Gasteiger partial charge in [0.25, 0.3) is 0 Å². The van der Waals surface area contributed by atoms with E-state index in [1.165, 1.54) is 11.0 Å². The summed E-state index contributed by atoms with van der Waals surface area (Å²) < 4.78 is 25.1. The van der Waals surface area contributed by atoms with Crippen molar-refractivity contribution < 1.29 is 12.0 Å². The maximum absolute atomic E-state index is 12.9. The molecule has 0 N–H and O–H groups in total. The summed E-state index contributed by atoms with van der Waals surface area (Å²) in [5, 5.41) is 0. The number of rotatable bonds is 2. The SMILES string of the molecule is C[N+](Cc1ccccc1)=S(C)(=O)F. The molecular weight excluding hydrogens is 189 g/mol. The number of halogens is 1. The van der Waals surface area contributed by atoms with Crippen molar-refractivity contribution in [1.82, 2.24) is 0 Å². The van der Waals surface area contributed by atoms with Crippen molar-refractivity contribution >= 4 is 10.1 Å². The van der Waals surface area contributed by atoms with E-state index in [2.05, 4.69) is 0 Å². The van der Waals surface area contributed by atoms with Crippen molar-refractivity contribution in [2.24, 2.45) is 0 Å². The lowest BCUT2D eigenvalue weighted by Crippen LogP contribution is -2.11. The molecule has 0 spiro atoms. The van der Waals surface area contributed by atoms with Gasteiger partial charge in [0, 0.05) is 5.56 Å². The Morgan fingerprint density at radius 2 is 1.92 bits per heavy atom. The molecule has 0 saturated carbocycles. The monoisotopic (exact) mass is 202 g/mol. The predicted octanol–water partition coefficient (Wildman–Crippen LogP) is 1.81. The van der Waals surface area contributed by atoms with E-state index in [9.17, 15) is 8.09 Å². The lowest BCUT2D eigenvalue weighted by Gasteiger charge is -1.98. The van der Waals surface area contributed by atoms with Gasteiger partial charge in [-0.25, -0.2) is 0 Å². The van der Waals surface area contributed by atoms with Gasteiger partial charge in [0.1, 0.15) is 7.05 Å². The van der Waals surface area contributed by atoms with Gasteiger partial charge in [0.2, 0.25) is 0 Å². The van der Waals surface area contributed by atoms with Gasteiger partial charge in [-0.1, -0.05) is 34.2 Å². The molecule has 13 heavy (non-hydrogen) atoms. The van der Waals surface area contributed by atoms with E-state index in [1.54, 1.807) is 0 Å². The molecule has 0 amide bonds. The molecule has 1 unspecified atom stereocenters. The fraction of sp³-hybridized carbons (Fsp3) is 0.333. The van der Waals surface area contributed by atoms with E-state index < -0.39 is 10.1 Å². The number of nitrogens with zero attached hydrogens (tertiary/aromatic N) is 1. The summed E-state index contributed by atoms with van der Waals surface area (Å²) in [4.78, 5) is 0. The van der Waals surface area contributed by atoms with Gasteiger partial charge in [0.15, 0.2) is 6.54 Å². The maximum Gasteiger partial charge on any atom is 0.312 e. The van der Waals surface area contributed by atoms with Crippen molar-refractivity contribution in [1.29, 1.82) is 0 Å². The van der Waals surface area contributed by atoms with Gasteiger partial charge in [0.05, 0.1) is 6.26 Å². The van der Waals surface area contributed by atoms with Crippen molar-refractivity contribution in [3.05, 3.63) is 35.9 Å². The van der Waals surface area contributed by atoms with Gasteiger partial charge in [-0.05, 0) is 0 Å². The molecule has 1 aromatic carbocycles. The lowest BCUT2D eigenvalue weighted by atomic mass is 10.2. The second-order valence-corrected chi connectivity index (χ2v) is 5.03. The number of benzene rings is 1. The third-order valence-electron chi connectivity index (χ3n) is 1.80. The van der Waals surface area contributed by atoms with Crippen LogP contribution in [0.4, 0.5) is 3.89 Å². The van der Waals surface area contributed by atoms with Crippen molar-refractivity contribution in [2.45, 2.75) is 6.54 Å². The van der Waals surface area contributed by atoms with Crippen molar-refractivity contribution in [3.63, 3.8) is 0 Å². The van der Waals surface area contributed by atoms with E-state index in [0.29, 0.717) is 6.54 Å². The molecule has 0 aliphatic heterocycles. The first kappa shape index (κ1) is 10.2. The minimum atomic E-state index is -3.32. The molecule has 1 aromatic rings. The summed E-state index contributed by atoms with van der Waals surface area (Å²) in [6, 6.07) is 9.39. The standard InChI is InChI=1S/C9H13FNOS/c1-11(13(2,10)12)8-9-6-4-3-5-7-9/h3-7H,8H2,1-2H3/q+1. The van der Waals surface area contributed by atoms with Gasteiger partial charge in [-0.15, -0.1) is 0 Å². The third-order valence-corrected chi connectivity index (χ3v) is 3.05. The summed E-state index contributed by atoms with van der Waals surface area (Å²) >= 11 is 0. The van der Waals surface area contributed by atoms with Gasteiger partial charge in [-0.3, -0.25) is 0 Å². The Labute approximate surface area is 78.5 Å². The van der Waals surface area contributed by atoms with Crippen LogP contribution in [0.5, 0.6) is 0 Å². The molecule has 0 heterocycles. The van der Waals surface area contributed by atoms with Crippen LogP contribution < -0.4 is 0 Å². The minimum Gasteiger partial charge on any atom is -0.174 e.